The van der Waals surface area contributed by atoms with Crippen LogP contribution in [0.5, 0.6) is 0 Å². The minimum absolute atomic E-state index is 0.0831. The van der Waals surface area contributed by atoms with Crippen molar-refractivity contribution in [3.05, 3.63) is 33.4 Å². The average Bonchev–Trinajstić information content (AvgIpc) is 2.45. The second kappa shape index (κ2) is 3.55. The molecule has 74 valence electrons. The van der Waals surface area contributed by atoms with Crippen LogP contribution in [0.1, 0.15) is 5.56 Å². The molecule has 0 aliphatic heterocycles. The van der Waals surface area contributed by atoms with Gasteiger partial charge < -0.3 is 5.73 Å². The molecule has 2 aromatic rings. The number of thiazole rings is 1. The maximum absolute atomic E-state index is 11.6. The van der Waals surface area contributed by atoms with Crippen LogP contribution >= 0.6 is 11.3 Å². The zero-order valence-corrected chi connectivity index (χ0v) is 8.80. The molecule has 0 spiro atoms. The number of hydrogen-bond donors (Lipinski definition) is 1. The van der Waals surface area contributed by atoms with Crippen LogP contribution in [0.15, 0.2) is 23.0 Å². The van der Waals surface area contributed by atoms with Gasteiger partial charge in [-0.2, -0.15) is 0 Å². The summed E-state index contributed by atoms with van der Waals surface area (Å²) in [5.41, 5.74) is 7.64. The standard InChI is InChI=1S/C10H12N2OS/c1-7-3-2-4-8-9(7)12(6-5-11)10(13)14-8/h2-4H,5-6,11H2,1H3. The van der Waals surface area contributed by atoms with Gasteiger partial charge in [-0.15, -0.1) is 0 Å². The first-order chi connectivity index (χ1) is 6.74. The fourth-order valence-corrected chi connectivity index (χ4v) is 2.63. The van der Waals surface area contributed by atoms with E-state index in [2.05, 4.69) is 0 Å². The van der Waals surface area contributed by atoms with Crippen molar-refractivity contribution in [1.82, 2.24) is 4.57 Å². The first-order valence-electron chi connectivity index (χ1n) is 4.53. The van der Waals surface area contributed by atoms with Crippen LogP contribution in [-0.4, -0.2) is 11.1 Å². The van der Waals surface area contributed by atoms with Gasteiger partial charge in [-0.25, -0.2) is 0 Å². The highest BCUT2D eigenvalue weighted by atomic mass is 32.1. The minimum atomic E-state index is 0.0831. The maximum Gasteiger partial charge on any atom is 0.308 e. The van der Waals surface area contributed by atoms with Crippen molar-refractivity contribution in [1.29, 1.82) is 0 Å². The number of aryl methyl sites for hydroxylation is 1. The molecular formula is C10H12N2OS. The largest absolute Gasteiger partial charge is 0.329 e. The first kappa shape index (κ1) is 9.43. The molecule has 0 bridgehead atoms. The van der Waals surface area contributed by atoms with Crippen LogP contribution in [0.25, 0.3) is 10.2 Å². The fraction of sp³-hybridized carbons (Fsp3) is 0.300. The number of hydrogen-bond acceptors (Lipinski definition) is 3. The molecule has 0 aliphatic rings. The van der Waals surface area contributed by atoms with Crippen molar-refractivity contribution in [2.45, 2.75) is 13.5 Å². The Kier molecular flexibility index (Phi) is 2.39. The number of benzene rings is 1. The molecule has 2 N–H and O–H groups in total. The molecule has 1 heterocycles. The van der Waals surface area contributed by atoms with Crippen LogP contribution in [-0.2, 0) is 6.54 Å². The van der Waals surface area contributed by atoms with Crippen LogP contribution in [0.2, 0.25) is 0 Å². The van der Waals surface area contributed by atoms with Crippen molar-refractivity contribution in [2.24, 2.45) is 5.73 Å². The highest BCUT2D eigenvalue weighted by Crippen LogP contribution is 2.20. The van der Waals surface area contributed by atoms with Crippen molar-refractivity contribution in [3.63, 3.8) is 0 Å². The molecule has 4 heteroatoms. The van der Waals surface area contributed by atoms with Crippen molar-refractivity contribution in [2.75, 3.05) is 6.54 Å². The van der Waals surface area contributed by atoms with E-state index in [1.807, 2.05) is 25.1 Å². The molecule has 0 saturated heterocycles. The van der Waals surface area contributed by atoms with Gasteiger partial charge >= 0.3 is 4.87 Å². The summed E-state index contributed by atoms with van der Waals surface area (Å²) in [7, 11) is 0. The Morgan fingerprint density at radius 1 is 1.50 bits per heavy atom. The van der Waals surface area contributed by atoms with Crippen molar-refractivity contribution >= 4 is 21.6 Å². The lowest BCUT2D eigenvalue weighted by atomic mass is 10.2. The zero-order valence-electron chi connectivity index (χ0n) is 7.99. The van der Waals surface area contributed by atoms with Crippen LogP contribution < -0.4 is 10.6 Å². The van der Waals surface area contributed by atoms with Crippen molar-refractivity contribution in [3.8, 4) is 0 Å². The Morgan fingerprint density at radius 3 is 3.00 bits per heavy atom. The Hall–Kier alpha value is -1.13. The highest BCUT2D eigenvalue weighted by Gasteiger charge is 2.07. The number of nitrogens with two attached hydrogens (primary N) is 1. The third kappa shape index (κ3) is 1.36. The van der Waals surface area contributed by atoms with E-state index in [9.17, 15) is 4.79 Å². The lowest BCUT2D eigenvalue weighted by Gasteiger charge is -2.02. The molecular weight excluding hydrogens is 196 g/mol. The van der Waals surface area contributed by atoms with Crippen molar-refractivity contribution < 1.29 is 0 Å². The monoisotopic (exact) mass is 208 g/mol. The van der Waals surface area contributed by atoms with Gasteiger partial charge in [0.25, 0.3) is 0 Å². The Bertz CT molecular complexity index is 512. The molecule has 3 nitrogen and oxygen atoms in total. The summed E-state index contributed by atoms with van der Waals surface area (Å²) in [6.07, 6.45) is 0. The Morgan fingerprint density at radius 2 is 2.29 bits per heavy atom. The number of rotatable bonds is 2. The van der Waals surface area contributed by atoms with Crippen LogP contribution in [0.3, 0.4) is 0 Å². The molecule has 0 unspecified atom stereocenters. The molecule has 0 fully saturated rings. The van der Waals surface area contributed by atoms with Gasteiger partial charge in [-0.1, -0.05) is 23.5 Å². The number of nitrogens with zero attached hydrogens (tertiary/aromatic N) is 1. The molecule has 0 saturated carbocycles. The lowest BCUT2D eigenvalue weighted by molar-refractivity contribution is 0.719. The number of para-hydroxylation sites is 1. The summed E-state index contributed by atoms with van der Waals surface area (Å²) in [5, 5.41) is 0. The number of fused-ring (bicyclic) bond motifs is 1. The van der Waals surface area contributed by atoms with E-state index in [0.29, 0.717) is 13.1 Å². The summed E-state index contributed by atoms with van der Waals surface area (Å²) < 4.78 is 2.80. The van der Waals surface area contributed by atoms with Gasteiger partial charge in [0, 0.05) is 13.1 Å². The zero-order chi connectivity index (χ0) is 10.1. The highest BCUT2D eigenvalue weighted by molar-refractivity contribution is 7.16. The second-order valence-corrected chi connectivity index (χ2v) is 4.22. The summed E-state index contributed by atoms with van der Waals surface area (Å²) in [4.78, 5) is 11.7. The summed E-state index contributed by atoms with van der Waals surface area (Å²) in [6.45, 7) is 3.12. The first-order valence-corrected chi connectivity index (χ1v) is 5.34. The predicted octanol–water partition coefficient (Wildman–Crippen LogP) is 1.33. The molecule has 0 aliphatic carbocycles. The Balaban J connectivity index is 2.79. The summed E-state index contributed by atoms with van der Waals surface area (Å²) in [5.74, 6) is 0. The Labute approximate surface area is 85.8 Å². The van der Waals surface area contributed by atoms with Gasteiger partial charge in [-0.05, 0) is 18.6 Å². The lowest BCUT2D eigenvalue weighted by Crippen LogP contribution is -2.19. The molecule has 0 atom stereocenters. The van der Waals surface area contributed by atoms with Gasteiger partial charge in [-0.3, -0.25) is 9.36 Å². The van der Waals surface area contributed by atoms with E-state index >= 15 is 0 Å². The van der Waals surface area contributed by atoms with E-state index in [1.54, 1.807) is 4.57 Å². The smallest absolute Gasteiger partial charge is 0.308 e. The quantitative estimate of drug-likeness (QED) is 0.809. The van der Waals surface area contributed by atoms with E-state index in [-0.39, 0.29) is 4.87 Å². The van der Waals surface area contributed by atoms with E-state index in [4.69, 9.17) is 5.73 Å². The number of aromatic nitrogens is 1. The molecule has 1 aromatic heterocycles. The SMILES string of the molecule is Cc1cccc2sc(=O)n(CCN)c12. The minimum Gasteiger partial charge on any atom is -0.329 e. The van der Waals surface area contributed by atoms with Gasteiger partial charge in [0.05, 0.1) is 10.2 Å². The fourth-order valence-electron chi connectivity index (χ4n) is 1.63. The molecule has 1 aromatic carbocycles. The van der Waals surface area contributed by atoms with Crippen LogP contribution in [0.4, 0.5) is 0 Å². The van der Waals surface area contributed by atoms with E-state index in [0.717, 1.165) is 15.8 Å². The molecule has 0 amide bonds. The normalized spacial score (nSPS) is 11.0. The van der Waals surface area contributed by atoms with Gasteiger partial charge in [0.2, 0.25) is 0 Å². The second-order valence-electron chi connectivity index (χ2n) is 3.23. The van der Waals surface area contributed by atoms with E-state index in [1.165, 1.54) is 11.3 Å². The predicted molar refractivity (Wildman–Crippen MR) is 59.9 cm³/mol. The van der Waals surface area contributed by atoms with Gasteiger partial charge in [0.15, 0.2) is 0 Å². The van der Waals surface area contributed by atoms with Crippen LogP contribution in [0, 0.1) is 6.92 Å². The summed E-state index contributed by atoms with van der Waals surface area (Å²) >= 11 is 1.28. The third-order valence-corrected chi connectivity index (χ3v) is 3.19. The molecule has 2 rings (SSSR count). The summed E-state index contributed by atoms with van der Waals surface area (Å²) in [6, 6.07) is 5.96. The maximum atomic E-state index is 11.6. The van der Waals surface area contributed by atoms with E-state index < -0.39 is 0 Å². The third-order valence-electron chi connectivity index (χ3n) is 2.24. The average molecular weight is 208 g/mol. The topological polar surface area (TPSA) is 48.0 Å². The molecule has 14 heavy (non-hydrogen) atoms. The van der Waals surface area contributed by atoms with Gasteiger partial charge in [0.1, 0.15) is 0 Å². The molecule has 0 radical (unpaired) electrons.